The largest absolute Gasteiger partial charge is 0.508 e. The molecule has 9 atom stereocenters. The molecule has 3 aromatic carbocycles. The van der Waals surface area contributed by atoms with Gasteiger partial charge in [-0.1, -0.05) is 12.1 Å². The molecule has 15 heteroatoms. The topological polar surface area (TPSA) is 223 Å². The number of phenolic OH excluding ortho intramolecular Hbond substituents is 3. The molecule has 0 aromatic heterocycles. The van der Waals surface area contributed by atoms with Gasteiger partial charge in [-0.2, -0.15) is 0 Å². The molecule has 47 heavy (non-hydrogen) atoms. The van der Waals surface area contributed by atoms with Crippen molar-refractivity contribution in [2.75, 3.05) is 27.4 Å². The molecule has 15 nitrogen and oxygen atoms in total. The van der Waals surface area contributed by atoms with Crippen molar-refractivity contribution in [3.05, 3.63) is 65.2 Å². The van der Waals surface area contributed by atoms with Crippen LogP contribution < -0.4 is 18.9 Å². The molecule has 0 unspecified atom stereocenters. The van der Waals surface area contributed by atoms with Crippen molar-refractivity contribution in [2.45, 2.75) is 55.1 Å². The summed E-state index contributed by atoms with van der Waals surface area (Å²) >= 11 is 0. The van der Waals surface area contributed by atoms with E-state index in [0.717, 1.165) is 12.1 Å². The zero-order chi connectivity index (χ0) is 33.6. The number of carbonyl (C=O) groups is 1. The van der Waals surface area contributed by atoms with Crippen LogP contribution in [0.2, 0.25) is 0 Å². The fraction of sp³-hybridized carbons (Fsp3) is 0.406. The molecule has 0 spiro atoms. The first-order valence-corrected chi connectivity index (χ1v) is 14.6. The molecule has 3 aliphatic heterocycles. The Morgan fingerprint density at radius 2 is 1.40 bits per heavy atom. The molecule has 0 radical (unpaired) electrons. The minimum Gasteiger partial charge on any atom is -0.508 e. The molecule has 3 heterocycles. The summed E-state index contributed by atoms with van der Waals surface area (Å²) in [5.41, 5.74) is 0.610. The summed E-state index contributed by atoms with van der Waals surface area (Å²) in [6.07, 6.45) is -11.2. The first-order chi connectivity index (χ1) is 22.5. The van der Waals surface area contributed by atoms with Gasteiger partial charge in [0.05, 0.1) is 20.3 Å². The van der Waals surface area contributed by atoms with Crippen molar-refractivity contribution in [1.29, 1.82) is 0 Å². The number of hydrogen-bond acceptors (Lipinski definition) is 15. The summed E-state index contributed by atoms with van der Waals surface area (Å²) < 4.78 is 40.2. The Kier molecular flexibility index (Phi) is 9.04. The van der Waals surface area contributed by atoms with Crippen LogP contribution >= 0.6 is 0 Å². The van der Waals surface area contributed by atoms with Crippen LogP contribution in [0.1, 0.15) is 33.7 Å². The molecule has 1 saturated heterocycles. The molecule has 252 valence electrons. The monoisotopic (exact) mass is 658 g/mol. The second kappa shape index (κ2) is 13.0. The summed E-state index contributed by atoms with van der Waals surface area (Å²) in [5, 5.41) is 71.7. The normalized spacial score (nSPS) is 29.9. The highest BCUT2D eigenvalue weighted by Crippen LogP contribution is 2.46. The van der Waals surface area contributed by atoms with Crippen molar-refractivity contribution in [2.24, 2.45) is 0 Å². The SMILES string of the molecule is COc1cc([C@@H]2Oc3cc([C@H]4Oc5cc(O)cc(O)c5C(=O)[C@@H]4O)ccc3O[C@H]2COC[C@H]2O[C@H](OC)[C@@H](O)[C@@H](O)[C@@H]2O)ccc1O. The minimum absolute atomic E-state index is 0.102. The number of carbonyl (C=O) groups excluding carboxylic acids is 1. The van der Waals surface area contributed by atoms with E-state index in [4.69, 9.17) is 33.2 Å². The standard InChI is InChI=1S/C32H34O15/c1-41-19-7-13(3-5-16(19)34)30-23(12-43-11-22-25(36)27(38)29(40)32(42-2)47-22)44-18-6-4-14(8-20(18)45-30)31-28(39)26(37)24-17(35)9-15(33)10-21(24)46-31/h3-10,22-23,25,27-36,38-40H,11-12H2,1-2H3/t22-,23+,25-,27+,28+,29+,30+,31-,32+/m1/s1. The van der Waals surface area contributed by atoms with Crippen LogP contribution in [0, 0.1) is 0 Å². The predicted molar refractivity (Wildman–Crippen MR) is 157 cm³/mol. The van der Waals surface area contributed by atoms with E-state index in [-0.39, 0.29) is 53.3 Å². The number of aromatic hydroxyl groups is 3. The third-order valence-corrected chi connectivity index (χ3v) is 8.29. The van der Waals surface area contributed by atoms with Gasteiger partial charge < -0.3 is 68.9 Å². The van der Waals surface area contributed by atoms with Gasteiger partial charge >= 0.3 is 0 Å². The van der Waals surface area contributed by atoms with Crippen LogP contribution in [0.3, 0.4) is 0 Å². The molecule has 6 rings (SSSR count). The number of ether oxygens (including phenoxy) is 7. The highest BCUT2D eigenvalue weighted by molar-refractivity contribution is 6.05. The van der Waals surface area contributed by atoms with Crippen molar-refractivity contribution in [3.8, 4) is 40.2 Å². The van der Waals surface area contributed by atoms with Crippen LogP contribution in [0.5, 0.6) is 40.2 Å². The molecule has 3 aromatic rings. The number of aliphatic hydroxyl groups is 4. The van der Waals surface area contributed by atoms with Crippen LogP contribution in [0.15, 0.2) is 48.5 Å². The molecule has 0 aliphatic carbocycles. The number of fused-ring (bicyclic) bond motifs is 2. The Morgan fingerprint density at radius 3 is 2.15 bits per heavy atom. The second-order valence-corrected chi connectivity index (χ2v) is 11.3. The van der Waals surface area contributed by atoms with E-state index >= 15 is 0 Å². The Bertz CT molecular complexity index is 1630. The third-order valence-electron chi connectivity index (χ3n) is 8.29. The van der Waals surface area contributed by atoms with E-state index in [2.05, 4.69) is 0 Å². The van der Waals surface area contributed by atoms with Gasteiger partial charge in [-0.15, -0.1) is 0 Å². The third kappa shape index (κ3) is 6.09. The second-order valence-electron chi connectivity index (χ2n) is 11.3. The van der Waals surface area contributed by atoms with Gasteiger partial charge in [-0.3, -0.25) is 4.79 Å². The summed E-state index contributed by atoms with van der Waals surface area (Å²) in [5.74, 6) is -1.19. The molecule has 7 N–H and O–H groups in total. The summed E-state index contributed by atoms with van der Waals surface area (Å²) in [6.45, 7) is -0.319. The number of ketones is 1. The summed E-state index contributed by atoms with van der Waals surface area (Å²) in [6, 6.07) is 11.4. The number of aliphatic hydroxyl groups excluding tert-OH is 4. The lowest BCUT2D eigenvalue weighted by Crippen LogP contribution is -2.59. The van der Waals surface area contributed by atoms with Crippen molar-refractivity contribution in [3.63, 3.8) is 0 Å². The molecular formula is C32H34O15. The van der Waals surface area contributed by atoms with E-state index in [1.807, 2.05) is 0 Å². The Hall–Kier alpha value is -4.35. The Labute approximate surface area is 267 Å². The maximum atomic E-state index is 13.0. The first-order valence-electron chi connectivity index (χ1n) is 14.6. The smallest absolute Gasteiger partial charge is 0.202 e. The first kappa shape index (κ1) is 32.6. The molecule has 1 fully saturated rings. The van der Waals surface area contributed by atoms with Gasteiger partial charge in [0.2, 0.25) is 5.78 Å². The van der Waals surface area contributed by atoms with E-state index in [0.29, 0.717) is 11.1 Å². The summed E-state index contributed by atoms with van der Waals surface area (Å²) in [4.78, 5) is 13.0. The van der Waals surface area contributed by atoms with Crippen LogP contribution in [0.25, 0.3) is 0 Å². The zero-order valence-corrected chi connectivity index (χ0v) is 25.1. The lowest BCUT2D eigenvalue weighted by atomic mass is 9.92. The maximum absolute atomic E-state index is 13.0. The average molecular weight is 659 g/mol. The van der Waals surface area contributed by atoms with Crippen LogP contribution in [0.4, 0.5) is 0 Å². The fourth-order valence-corrected chi connectivity index (χ4v) is 5.82. The lowest BCUT2D eigenvalue weighted by Gasteiger charge is -2.40. The number of Topliss-reactive ketones (excluding diaryl/α,β-unsaturated/α-hetero) is 1. The zero-order valence-electron chi connectivity index (χ0n) is 25.1. The average Bonchev–Trinajstić information content (AvgIpc) is 3.05. The van der Waals surface area contributed by atoms with Crippen LogP contribution in [-0.4, -0.2) is 112 Å². The van der Waals surface area contributed by atoms with Gasteiger partial charge in [0.1, 0.15) is 47.2 Å². The quantitative estimate of drug-likeness (QED) is 0.178. The van der Waals surface area contributed by atoms with E-state index < -0.39 is 66.7 Å². The van der Waals surface area contributed by atoms with Gasteiger partial charge in [0, 0.05) is 24.8 Å². The van der Waals surface area contributed by atoms with Crippen molar-refractivity contribution < 1.29 is 73.7 Å². The fourth-order valence-electron chi connectivity index (χ4n) is 5.82. The highest BCUT2D eigenvalue weighted by atomic mass is 16.7. The molecular weight excluding hydrogens is 624 g/mol. The maximum Gasteiger partial charge on any atom is 0.202 e. The van der Waals surface area contributed by atoms with Crippen molar-refractivity contribution >= 4 is 5.78 Å². The summed E-state index contributed by atoms with van der Waals surface area (Å²) in [7, 11) is 2.68. The molecule has 0 amide bonds. The van der Waals surface area contributed by atoms with Gasteiger partial charge in [-0.05, 0) is 29.8 Å². The minimum atomic E-state index is -1.69. The Balaban J connectivity index is 1.26. The van der Waals surface area contributed by atoms with Gasteiger partial charge in [0.15, 0.2) is 53.7 Å². The Morgan fingerprint density at radius 1 is 0.702 bits per heavy atom. The van der Waals surface area contributed by atoms with E-state index in [1.165, 1.54) is 26.4 Å². The van der Waals surface area contributed by atoms with Crippen LogP contribution in [-0.2, 0) is 14.2 Å². The number of hydrogen-bond donors (Lipinski definition) is 7. The molecule has 3 aliphatic rings. The highest BCUT2D eigenvalue weighted by Gasteiger charge is 2.45. The molecule has 0 bridgehead atoms. The van der Waals surface area contributed by atoms with Gasteiger partial charge in [-0.25, -0.2) is 0 Å². The number of benzene rings is 3. The van der Waals surface area contributed by atoms with E-state index in [9.17, 15) is 40.5 Å². The van der Waals surface area contributed by atoms with Crippen molar-refractivity contribution in [1.82, 2.24) is 0 Å². The number of methoxy groups -OCH3 is 2. The number of rotatable bonds is 8. The predicted octanol–water partition coefficient (Wildman–Crippen LogP) is 0.841. The van der Waals surface area contributed by atoms with E-state index in [1.54, 1.807) is 24.3 Å². The number of phenols is 3. The van der Waals surface area contributed by atoms with Gasteiger partial charge in [0.25, 0.3) is 0 Å². The lowest BCUT2D eigenvalue weighted by molar-refractivity contribution is -0.297. The molecule has 0 saturated carbocycles.